The van der Waals surface area contributed by atoms with Crippen LogP contribution in [0.1, 0.15) is 22.7 Å². The van der Waals surface area contributed by atoms with Gasteiger partial charge in [0.05, 0.1) is 23.3 Å². The highest BCUT2D eigenvalue weighted by Gasteiger charge is 2.23. The van der Waals surface area contributed by atoms with E-state index >= 15 is 0 Å². The zero-order valence-corrected chi connectivity index (χ0v) is 14.3. The molecule has 1 aromatic carbocycles. The van der Waals surface area contributed by atoms with Crippen LogP contribution in [-0.4, -0.2) is 32.3 Å². The topological polar surface area (TPSA) is 105 Å². The molecular formula is C17H17N5O2S. The van der Waals surface area contributed by atoms with Gasteiger partial charge < -0.3 is 15.6 Å². The molecule has 0 saturated carbocycles. The van der Waals surface area contributed by atoms with Crippen molar-refractivity contribution in [3.05, 3.63) is 50.9 Å². The van der Waals surface area contributed by atoms with E-state index in [1.54, 1.807) is 4.90 Å². The maximum absolute atomic E-state index is 12.5. The summed E-state index contributed by atoms with van der Waals surface area (Å²) in [7, 11) is 0. The summed E-state index contributed by atoms with van der Waals surface area (Å²) in [5.41, 5.74) is 8.33. The van der Waals surface area contributed by atoms with Gasteiger partial charge in [-0.2, -0.15) is 0 Å². The van der Waals surface area contributed by atoms with Crippen molar-refractivity contribution in [1.29, 1.82) is 0 Å². The van der Waals surface area contributed by atoms with Gasteiger partial charge in [0.15, 0.2) is 5.13 Å². The molecule has 0 unspecified atom stereocenters. The van der Waals surface area contributed by atoms with E-state index in [0.29, 0.717) is 35.9 Å². The summed E-state index contributed by atoms with van der Waals surface area (Å²) in [6.45, 7) is 1.18. The third kappa shape index (κ3) is 3.12. The number of nitrogen functional groups attached to an aromatic ring is 1. The molecule has 7 nitrogen and oxygen atoms in total. The number of nitrogens with two attached hydrogens (primary N) is 1. The third-order valence-electron chi connectivity index (χ3n) is 4.35. The number of thiazole rings is 1. The number of benzene rings is 1. The molecule has 0 aliphatic carbocycles. The number of hydrogen-bond acceptors (Lipinski definition) is 6. The Morgan fingerprint density at radius 1 is 1.32 bits per heavy atom. The van der Waals surface area contributed by atoms with E-state index in [0.717, 1.165) is 22.5 Å². The molecule has 0 spiro atoms. The van der Waals surface area contributed by atoms with Crippen molar-refractivity contribution in [2.45, 2.75) is 25.8 Å². The molecule has 3 aromatic rings. The number of amides is 1. The van der Waals surface area contributed by atoms with E-state index < -0.39 is 0 Å². The van der Waals surface area contributed by atoms with Gasteiger partial charge in [0.2, 0.25) is 5.91 Å². The molecule has 0 atom stereocenters. The highest BCUT2D eigenvalue weighted by molar-refractivity contribution is 7.15. The van der Waals surface area contributed by atoms with Crippen LogP contribution in [0.15, 0.2) is 29.1 Å². The number of rotatable bonds is 3. The van der Waals surface area contributed by atoms with E-state index in [-0.39, 0.29) is 17.9 Å². The van der Waals surface area contributed by atoms with Crippen LogP contribution in [0.5, 0.6) is 0 Å². The van der Waals surface area contributed by atoms with E-state index in [2.05, 4.69) is 15.0 Å². The molecule has 1 aliphatic heterocycles. The number of aryl methyl sites for hydroxylation is 1. The maximum atomic E-state index is 12.5. The maximum Gasteiger partial charge on any atom is 0.270 e. The van der Waals surface area contributed by atoms with Crippen molar-refractivity contribution >= 4 is 33.4 Å². The normalized spacial score (nSPS) is 13.8. The van der Waals surface area contributed by atoms with E-state index in [1.807, 2.05) is 24.3 Å². The van der Waals surface area contributed by atoms with Crippen LogP contribution in [0, 0.1) is 0 Å². The number of hydrogen-bond donors (Lipinski definition) is 2. The summed E-state index contributed by atoms with van der Waals surface area (Å²) in [4.78, 5) is 39.0. The average molecular weight is 355 g/mol. The van der Waals surface area contributed by atoms with Crippen molar-refractivity contribution in [1.82, 2.24) is 19.9 Å². The van der Waals surface area contributed by atoms with Gasteiger partial charge in [-0.05, 0) is 12.1 Å². The van der Waals surface area contributed by atoms with Crippen molar-refractivity contribution in [2.24, 2.45) is 0 Å². The molecule has 0 bridgehead atoms. The van der Waals surface area contributed by atoms with Crippen molar-refractivity contribution in [2.75, 3.05) is 12.3 Å². The minimum absolute atomic E-state index is 0.0204. The largest absolute Gasteiger partial charge is 0.375 e. The fourth-order valence-electron chi connectivity index (χ4n) is 3.05. The van der Waals surface area contributed by atoms with Crippen LogP contribution in [0.3, 0.4) is 0 Å². The number of carbonyl (C=O) groups is 1. The molecule has 2 aromatic heterocycles. The Balaban J connectivity index is 1.46. The minimum Gasteiger partial charge on any atom is -0.375 e. The van der Waals surface area contributed by atoms with Gasteiger partial charge >= 0.3 is 0 Å². The van der Waals surface area contributed by atoms with Gasteiger partial charge in [-0.15, -0.1) is 11.3 Å². The summed E-state index contributed by atoms with van der Waals surface area (Å²) >= 11 is 1.44. The summed E-state index contributed by atoms with van der Waals surface area (Å²) in [6.07, 6.45) is 1.31. The first-order chi connectivity index (χ1) is 12.1. The van der Waals surface area contributed by atoms with Gasteiger partial charge in [-0.1, -0.05) is 12.1 Å². The minimum atomic E-state index is -0.234. The molecule has 3 heterocycles. The first-order valence-corrected chi connectivity index (χ1v) is 8.91. The lowest BCUT2D eigenvalue weighted by molar-refractivity contribution is -0.132. The smallest absolute Gasteiger partial charge is 0.270 e. The van der Waals surface area contributed by atoms with E-state index in [1.165, 1.54) is 11.3 Å². The SMILES string of the molecule is Nc1nc2c(s1)CN(C(=O)CCc1nc3ccccc3[nH]c1=O)CC2. The summed E-state index contributed by atoms with van der Waals surface area (Å²) in [6, 6.07) is 7.37. The van der Waals surface area contributed by atoms with Gasteiger partial charge in [-0.25, -0.2) is 9.97 Å². The lowest BCUT2D eigenvalue weighted by Crippen LogP contribution is -2.36. The Hall–Kier alpha value is -2.74. The number of H-pyrrole nitrogens is 1. The predicted octanol–water partition coefficient (Wildman–Crippen LogP) is 1.48. The summed E-state index contributed by atoms with van der Waals surface area (Å²) < 4.78 is 0. The van der Waals surface area contributed by atoms with Gasteiger partial charge in [0.1, 0.15) is 5.69 Å². The molecule has 0 saturated heterocycles. The highest BCUT2D eigenvalue weighted by Crippen LogP contribution is 2.26. The lowest BCUT2D eigenvalue weighted by Gasteiger charge is -2.26. The monoisotopic (exact) mass is 355 g/mol. The molecule has 0 fully saturated rings. The number of aromatic amines is 1. The van der Waals surface area contributed by atoms with Gasteiger partial charge in [0.25, 0.3) is 5.56 Å². The number of para-hydroxylation sites is 2. The Morgan fingerprint density at radius 3 is 3.04 bits per heavy atom. The first-order valence-electron chi connectivity index (χ1n) is 8.10. The molecular weight excluding hydrogens is 338 g/mol. The number of aromatic nitrogens is 3. The fraction of sp³-hybridized carbons (Fsp3) is 0.294. The average Bonchev–Trinajstić information content (AvgIpc) is 2.98. The van der Waals surface area contributed by atoms with Crippen molar-refractivity contribution < 1.29 is 4.79 Å². The molecule has 25 heavy (non-hydrogen) atoms. The molecule has 1 aliphatic rings. The molecule has 4 rings (SSSR count). The number of carbonyl (C=O) groups excluding carboxylic acids is 1. The second-order valence-electron chi connectivity index (χ2n) is 6.02. The summed E-state index contributed by atoms with van der Waals surface area (Å²) in [5, 5.41) is 0.547. The quantitative estimate of drug-likeness (QED) is 0.740. The van der Waals surface area contributed by atoms with Crippen molar-refractivity contribution in [3.8, 4) is 0 Å². The third-order valence-corrected chi connectivity index (χ3v) is 5.26. The first kappa shape index (κ1) is 15.8. The van der Waals surface area contributed by atoms with E-state index in [4.69, 9.17) is 5.73 Å². The molecule has 0 radical (unpaired) electrons. The van der Waals surface area contributed by atoms with Crippen LogP contribution in [-0.2, 0) is 24.2 Å². The van der Waals surface area contributed by atoms with Crippen LogP contribution >= 0.6 is 11.3 Å². The number of nitrogens with one attached hydrogen (secondary N) is 1. The molecule has 128 valence electrons. The summed E-state index contributed by atoms with van der Waals surface area (Å²) in [5.74, 6) is 0.0204. The Bertz CT molecular complexity index is 1010. The zero-order valence-electron chi connectivity index (χ0n) is 13.5. The molecule has 8 heteroatoms. The van der Waals surface area contributed by atoms with Gasteiger partial charge in [0, 0.05) is 30.7 Å². The standard InChI is InChI=1S/C17H17N5O2S/c18-17-21-12-7-8-22(9-14(12)25-17)15(23)6-5-13-16(24)20-11-4-2-1-3-10(11)19-13/h1-4H,5-9H2,(H2,18,21)(H,20,24). The van der Waals surface area contributed by atoms with Crippen LogP contribution in [0.25, 0.3) is 11.0 Å². The zero-order chi connectivity index (χ0) is 17.4. The van der Waals surface area contributed by atoms with E-state index in [9.17, 15) is 9.59 Å². The van der Waals surface area contributed by atoms with Gasteiger partial charge in [-0.3, -0.25) is 9.59 Å². The Kier molecular flexibility index (Phi) is 3.96. The lowest BCUT2D eigenvalue weighted by atomic mass is 10.1. The second kappa shape index (κ2) is 6.29. The molecule has 1 amide bonds. The Labute approximate surface area is 147 Å². The number of anilines is 1. The van der Waals surface area contributed by atoms with Crippen LogP contribution < -0.4 is 11.3 Å². The highest BCUT2D eigenvalue weighted by atomic mass is 32.1. The van der Waals surface area contributed by atoms with Crippen molar-refractivity contribution in [3.63, 3.8) is 0 Å². The Morgan fingerprint density at radius 2 is 2.16 bits per heavy atom. The number of fused-ring (bicyclic) bond motifs is 2. The fourth-order valence-corrected chi connectivity index (χ4v) is 3.94. The number of nitrogens with zero attached hydrogens (tertiary/aromatic N) is 3. The second-order valence-corrected chi connectivity index (χ2v) is 7.13. The predicted molar refractivity (Wildman–Crippen MR) is 96.3 cm³/mol. The van der Waals surface area contributed by atoms with Crippen LogP contribution in [0.2, 0.25) is 0 Å². The molecule has 3 N–H and O–H groups in total. The van der Waals surface area contributed by atoms with Crippen LogP contribution in [0.4, 0.5) is 5.13 Å².